The first kappa shape index (κ1) is 27.3. The first-order valence-electron chi connectivity index (χ1n) is 11.9. The zero-order valence-electron chi connectivity index (χ0n) is 21.3. The molecule has 0 bridgehead atoms. The summed E-state index contributed by atoms with van der Waals surface area (Å²) in [5.41, 5.74) is 2.19. The van der Waals surface area contributed by atoms with E-state index in [2.05, 4.69) is 5.32 Å². The number of hydrogen-bond donors (Lipinski definition) is 1. The van der Waals surface area contributed by atoms with Crippen molar-refractivity contribution in [1.82, 2.24) is 4.90 Å². The normalized spacial score (nSPS) is 16.3. The zero-order valence-corrected chi connectivity index (χ0v) is 22.8. The van der Waals surface area contributed by atoms with Gasteiger partial charge in [-0.15, -0.1) is 0 Å². The Morgan fingerprint density at radius 2 is 1.79 bits per heavy atom. The number of amides is 2. The molecule has 1 saturated heterocycles. The molecule has 1 aliphatic rings. The number of rotatable bonds is 9. The molecule has 0 unspecified atom stereocenters. The predicted molar refractivity (Wildman–Crippen MR) is 151 cm³/mol. The first-order chi connectivity index (χ1) is 18.4. The third-order valence-electron chi connectivity index (χ3n) is 5.89. The van der Waals surface area contributed by atoms with Gasteiger partial charge in [0.25, 0.3) is 0 Å². The van der Waals surface area contributed by atoms with E-state index in [-0.39, 0.29) is 18.2 Å². The van der Waals surface area contributed by atoms with Gasteiger partial charge in [0.2, 0.25) is 11.8 Å². The van der Waals surface area contributed by atoms with Crippen molar-refractivity contribution >= 4 is 51.7 Å². The molecule has 0 saturated carbocycles. The number of methoxy groups -OCH3 is 3. The molecule has 2 amide bonds. The van der Waals surface area contributed by atoms with Crippen molar-refractivity contribution in [2.45, 2.75) is 18.1 Å². The van der Waals surface area contributed by atoms with Gasteiger partial charge in [0, 0.05) is 23.7 Å². The van der Waals surface area contributed by atoms with E-state index in [1.807, 2.05) is 18.2 Å². The van der Waals surface area contributed by atoms with Crippen LogP contribution in [0.5, 0.6) is 17.2 Å². The highest BCUT2D eigenvalue weighted by Crippen LogP contribution is 2.32. The number of benzene rings is 3. The van der Waals surface area contributed by atoms with Crippen LogP contribution in [0.25, 0.3) is 0 Å². The summed E-state index contributed by atoms with van der Waals surface area (Å²) >= 11 is 7.32. The Balaban J connectivity index is 1.56. The smallest absolute Gasteiger partial charge is 0.238 e. The van der Waals surface area contributed by atoms with Gasteiger partial charge < -0.3 is 19.5 Å². The van der Waals surface area contributed by atoms with E-state index in [9.17, 15) is 9.59 Å². The lowest BCUT2D eigenvalue weighted by molar-refractivity contribution is -0.129. The predicted octanol–water partition coefficient (Wildman–Crippen LogP) is 5.57. The van der Waals surface area contributed by atoms with E-state index >= 15 is 0 Å². The fraction of sp³-hybridized carbons (Fsp3) is 0.250. The lowest BCUT2D eigenvalue weighted by Gasteiger charge is -2.32. The number of amidine groups is 1. The quantitative estimate of drug-likeness (QED) is 0.373. The van der Waals surface area contributed by atoms with Gasteiger partial charge in [-0.05, 0) is 66.6 Å². The van der Waals surface area contributed by atoms with E-state index < -0.39 is 5.25 Å². The van der Waals surface area contributed by atoms with Crippen molar-refractivity contribution in [1.29, 1.82) is 0 Å². The van der Waals surface area contributed by atoms with E-state index in [1.165, 1.54) is 11.8 Å². The molecule has 0 radical (unpaired) electrons. The van der Waals surface area contributed by atoms with Crippen molar-refractivity contribution in [2.24, 2.45) is 4.99 Å². The highest BCUT2D eigenvalue weighted by molar-refractivity contribution is 8.15. The Hall–Kier alpha value is -3.69. The molecule has 1 fully saturated rings. The molecule has 3 aromatic carbocycles. The molecule has 4 rings (SSSR count). The van der Waals surface area contributed by atoms with Crippen LogP contribution in [0.4, 0.5) is 11.4 Å². The van der Waals surface area contributed by atoms with Crippen molar-refractivity contribution in [2.75, 3.05) is 33.2 Å². The van der Waals surface area contributed by atoms with Crippen LogP contribution in [0, 0.1) is 0 Å². The maximum atomic E-state index is 13.3. The summed E-state index contributed by atoms with van der Waals surface area (Å²) in [7, 11) is 4.76. The summed E-state index contributed by atoms with van der Waals surface area (Å²) in [6, 6.07) is 19.8. The van der Waals surface area contributed by atoms with Crippen LogP contribution < -0.4 is 19.5 Å². The van der Waals surface area contributed by atoms with Crippen molar-refractivity contribution in [3.05, 3.63) is 77.3 Å². The maximum Gasteiger partial charge on any atom is 0.238 e. The van der Waals surface area contributed by atoms with Crippen molar-refractivity contribution in [3.8, 4) is 17.2 Å². The molecule has 1 atom stereocenters. The maximum absolute atomic E-state index is 13.3. The van der Waals surface area contributed by atoms with Crippen LogP contribution in [0.3, 0.4) is 0 Å². The average molecular weight is 554 g/mol. The average Bonchev–Trinajstić information content (AvgIpc) is 2.92. The number of anilines is 1. The molecule has 8 nitrogen and oxygen atoms in total. The molecule has 0 spiro atoms. The highest BCUT2D eigenvalue weighted by atomic mass is 35.5. The minimum absolute atomic E-state index is 0.0463. The fourth-order valence-corrected chi connectivity index (χ4v) is 5.21. The molecular weight excluding hydrogens is 526 g/mol. The van der Waals surface area contributed by atoms with Gasteiger partial charge in [-0.1, -0.05) is 35.5 Å². The molecule has 0 aliphatic carbocycles. The van der Waals surface area contributed by atoms with Gasteiger partial charge in [-0.3, -0.25) is 14.5 Å². The lowest BCUT2D eigenvalue weighted by atomic mass is 10.1. The van der Waals surface area contributed by atoms with Crippen LogP contribution in [0.1, 0.15) is 12.0 Å². The van der Waals surface area contributed by atoms with Crippen LogP contribution >= 0.6 is 23.4 Å². The second kappa shape index (κ2) is 12.7. The number of halogens is 1. The summed E-state index contributed by atoms with van der Waals surface area (Å²) in [5.74, 6) is 1.49. The Morgan fingerprint density at radius 1 is 1.03 bits per heavy atom. The van der Waals surface area contributed by atoms with Gasteiger partial charge in [-0.25, -0.2) is 4.99 Å². The van der Waals surface area contributed by atoms with Gasteiger partial charge in [0.05, 0.1) is 27.0 Å². The summed E-state index contributed by atoms with van der Waals surface area (Å²) in [6.07, 6.45) is 0.609. The summed E-state index contributed by atoms with van der Waals surface area (Å²) < 4.78 is 16.0. The van der Waals surface area contributed by atoms with Crippen LogP contribution in [-0.4, -0.2) is 55.0 Å². The van der Waals surface area contributed by atoms with Crippen molar-refractivity contribution < 1.29 is 23.8 Å². The SMILES string of the molecule is COc1ccc(N=C2S[C@H](C(=O)Nc3cccc(Cl)c3)CC(=O)N2CCc2ccc(OC)c(OC)c2)cc1. The molecule has 38 heavy (non-hydrogen) atoms. The van der Waals surface area contributed by atoms with Gasteiger partial charge in [0.1, 0.15) is 11.0 Å². The molecule has 1 aliphatic heterocycles. The van der Waals surface area contributed by atoms with E-state index in [1.54, 1.807) is 74.8 Å². The molecular formula is C28H28ClN3O5S. The summed E-state index contributed by atoms with van der Waals surface area (Å²) in [6.45, 7) is 0.388. The van der Waals surface area contributed by atoms with Gasteiger partial charge >= 0.3 is 0 Å². The number of carbonyl (C=O) groups is 2. The Bertz CT molecular complexity index is 1330. The topological polar surface area (TPSA) is 89.5 Å². The number of aliphatic imine (C=N–C) groups is 1. The zero-order chi connectivity index (χ0) is 27.1. The fourth-order valence-electron chi connectivity index (χ4n) is 3.89. The summed E-state index contributed by atoms with van der Waals surface area (Å²) in [5, 5.41) is 3.18. The Morgan fingerprint density at radius 3 is 2.47 bits per heavy atom. The third kappa shape index (κ3) is 6.79. The van der Waals surface area contributed by atoms with E-state index in [4.69, 9.17) is 30.8 Å². The standard InChI is InChI=1S/C28H28ClN3O5S/c1-35-22-10-8-20(9-11-22)31-28-32(14-13-18-7-12-23(36-2)24(15-18)37-3)26(33)17-25(38-28)27(34)30-21-6-4-5-19(29)16-21/h4-12,15-16,25H,13-14,17H2,1-3H3,(H,30,34)/t25-/m0/s1. The number of ether oxygens (including phenoxy) is 3. The number of nitrogens with zero attached hydrogens (tertiary/aromatic N) is 2. The molecule has 0 aromatic heterocycles. The van der Waals surface area contributed by atoms with Crippen molar-refractivity contribution in [3.63, 3.8) is 0 Å². The number of nitrogens with one attached hydrogen (secondary N) is 1. The first-order valence-corrected chi connectivity index (χ1v) is 13.1. The summed E-state index contributed by atoms with van der Waals surface area (Å²) in [4.78, 5) is 32.8. The van der Waals surface area contributed by atoms with Crippen LogP contribution in [0.15, 0.2) is 71.7 Å². The largest absolute Gasteiger partial charge is 0.497 e. The number of thioether (sulfide) groups is 1. The minimum atomic E-state index is -0.643. The molecule has 1 heterocycles. The van der Waals surface area contributed by atoms with Crippen LogP contribution in [0.2, 0.25) is 5.02 Å². The minimum Gasteiger partial charge on any atom is -0.497 e. The van der Waals surface area contributed by atoms with Crippen LogP contribution in [-0.2, 0) is 16.0 Å². The molecule has 1 N–H and O–H groups in total. The lowest BCUT2D eigenvalue weighted by Crippen LogP contribution is -2.46. The second-order valence-corrected chi connectivity index (χ2v) is 9.99. The molecule has 198 valence electrons. The molecule has 3 aromatic rings. The molecule has 10 heteroatoms. The van der Waals surface area contributed by atoms with E-state index in [0.29, 0.717) is 51.8 Å². The number of carbonyl (C=O) groups excluding carboxylic acids is 2. The van der Waals surface area contributed by atoms with Gasteiger partial charge in [0.15, 0.2) is 16.7 Å². The van der Waals surface area contributed by atoms with Gasteiger partial charge in [-0.2, -0.15) is 0 Å². The van der Waals surface area contributed by atoms with E-state index in [0.717, 1.165) is 5.56 Å². The highest BCUT2D eigenvalue weighted by Gasteiger charge is 2.36. The third-order valence-corrected chi connectivity index (χ3v) is 7.32. The number of hydrogen-bond acceptors (Lipinski definition) is 7. The monoisotopic (exact) mass is 553 g/mol. The second-order valence-electron chi connectivity index (χ2n) is 8.39. The Labute approximate surface area is 230 Å². The Kier molecular flexibility index (Phi) is 9.15.